The molecule has 1 heterocycles. The monoisotopic (exact) mass is 342 g/mol. The number of hydrogen-bond donors (Lipinski definition) is 1. The van der Waals surface area contributed by atoms with Gasteiger partial charge >= 0.3 is 0 Å². The predicted octanol–water partition coefficient (Wildman–Crippen LogP) is 2.57. The molecule has 2 rings (SSSR count). The van der Waals surface area contributed by atoms with Gasteiger partial charge in [0, 0.05) is 36.3 Å². The molecule has 112 valence electrons. The van der Waals surface area contributed by atoms with E-state index >= 15 is 0 Å². The summed E-state index contributed by atoms with van der Waals surface area (Å²) in [4.78, 5) is 2.40. The van der Waals surface area contributed by atoms with Crippen LogP contribution in [0.5, 0.6) is 5.75 Å². The Morgan fingerprint density at radius 3 is 3.05 bits per heavy atom. The highest BCUT2D eigenvalue weighted by atomic mass is 79.9. The molecule has 1 fully saturated rings. The highest BCUT2D eigenvalue weighted by molar-refractivity contribution is 9.10. The zero-order valence-corrected chi connectivity index (χ0v) is 13.7. The van der Waals surface area contributed by atoms with Crippen LogP contribution in [0, 0.1) is 0 Å². The largest absolute Gasteiger partial charge is 0.496 e. The lowest BCUT2D eigenvalue weighted by atomic mass is 10.0. The molecule has 5 heteroatoms. The second kappa shape index (κ2) is 7.41. The molecule has 1 saturated heterocycles. The Balaban J connectivity index is 2.28. The molecule has 2 atom stereocenters. The van der Waals surface area contributed by atoms with Gasteiger partial charge in [0.15, 0.2) is 0 Å². The van der Waals surface area contributed by atoms with Crippen molar-refractivity contribution in [2.24, 2.45) is 5.73 Å². The third kappa shape index (κ3) is 3.73. The number of hydrogen-bond acceptors (Lipinski definition) is 4. The van der Waals surface area contributed by atoms with Gasteiger partial charge in [0.05, 0.1) is 19.3 Å². The molecule has 1 aliphatic heterocycles. The maximum Gasteiger partial charge on any atom is 0.123 e. The van der Waals surface area contributed by atoms with Crippen LogP contribution in [0.3, 0.4) is 0 Å². The molecule has 0 aromatic heterocycles. The summed E-state index contributed by atoms with van der Waals surface area (Å²) in [5.41, 5.74) is 7.19. The zero-order valence-electron chi connectivity index (χ0n) is 12.1. The van der Waals surface area contributed by atoms with Gasteiger partial charge in [-0.3, -0.25) is 4.90 Å². The molecule has 0 amide bonds. The minimum Gasteiger partial charge on any atom is -0.496 e. The Bertz CT molecular complexity index is 442. The lowest BCUT2D eigenvalue weighted by Crippen LogP contribution is -2.37. The smallest absolute Gasteiger partial charge is 0.123 e. The van der Waals surface area contributed by atoms with Crippen LogP contribution in [-0.2, 0) is 4.74 Å². The van der Waals surface area contributed by atoms with Gasteiger partial charge in [0.2, 0.25) is 0 Å². The van der Waals surface area contributed by atoms with Crippen LogP contribution in [-0.4, -0.2) is 44.4 Å². The lowest BCUT2D eigenvalue weighted by molar-refractivity contribution is 0.0609. The first-order valence-corrected chi connectivity index (χ1v) is 7.84. The Labute approximate surface area is 129 Å². The fraction of sp³-hybridized carbons (Fsp3) is 0.600. The minimum absolute atomic E-state index is 0.159. The number of halogens is 1. The molecular weight excluding hydrogens is 320 g/mol. The van der Waals surface area contributed by atoms with E-state index in [4.69, 9.17) is 15.2 Å². The molecule has 2 N–H and O–H groups in total. The minimum atomic E-state index is 0.159. The van der Waals surface area contributed by atoms with Crippen molar-refractivity contribution in [3.63, 3.8) is 0 Å². The molecule has 0 bridgehead atoms. The predicted molar refractivity (Wildman–Crippen MR) is 84.1 cm³/mol. The van der Waals surface area contributed by atoms with Crippen LogP contribution in [0.4, 0.5) is 0 Å². The first-order chi connectivity index (χ1) is 9.65. The maximum atomic E-state index is 6.05. The number of methoxy groups -OCH3 is 1. The number of nitrogens with zero attached hydrogens (tertiary/aromatic N) is 1. The molecule has 1 aromatic rings. The molecule has 0 radical (unpaired) electrons. The van der Waals surface area contributed by atoms with Crippen molar-refractivity contribution in [1.29, 1.82) is 0 Å². The number of ether oxygens (including phenoxy) is 2. The normalized spacial score (nSPS) is 22.3. The third-order valence-corrected chi connectivity index (χ3v) is 4.19. The first-order valence-electron chi connectivity index (χ1n) is 7.05. The first kappa shape index (κ1) is 15.8. The van der Waals surface area contributed by atoms with E-state index in [0.717, 1.165) is 41.9 Å². The van der Waals surface area contributed by atoms with Crippen molar-refractivity contribution in [1.82, 2.24) is 4.90 Å². The molecule has 20 heavy (non-hydrogen) atoms. The molecule has 4 nitrogen and oxygen atoms in total. The van der Waals surface area contributed by atoms with E-state index in [-0.39, 0.29) is 12.1 Å². The molecular formula is C15H23BrN2O2. The zero-order chi connectivity index (χ0) is 14.5. The van der Waals surface area contributed by atoms with Gasteiger partial charge in [0.1, 0.15) is 5.75 Å². The number of nitrogens with two attached hydrogens (primary N) is 1. The lowest BCUT2D eigenvalue weighted by Gasteiger charge is -2.32. The van der Waals surface area contributed by atoms with E-state index in [0.29, 0.717) is 6.54 Å². The second-order valence-corrected chi connectivity index (χ2v) is 6.08. The van der Waals surface area contributed by atoms with Gasteiger partial charge in [-0.15, -0.1) is 0 Å². The molecule has 1 aromatic carbocycles. The summed E-state index contributed by atoms with van der Waals surface area (Å²) in [5.74, 6) is 0.890. The standard InChI is InChI=1S/C15H23BrN2O2/c1-11-10-18(6-3-7-20-11)14(9-17)13-8-12(16)4-5-15(13)19-2/h4-5,8,11,14H,3,6-7,9-10,17H2,1-2H3. The summed E-state index contributed by atoms with van der Waals surface area (Å²) in [6, 6.07) is 6.24. The maximum absolute atomic E-state index is 6.05. The summed E-state index contributed by atoms with van der Waals surface area (Å²) in [5, 5.41) is 0. The van der Waals surface area contributed by atoms with E-state index in [1.165, 1.54) is 0 Å². The fourth-order valence-corrected chi connectivity index (χ4v) is 3.13. The van der Waals surface area contributed by atoms with Crippen molar-refractivity contribution in [2.45, 2.75) is 25.5 Å². The van der Waals surface area contributed by atoms with Crippen molar-refractivity contribution < 1.29 is 9.47 Å². The molecule has 0 aliphatic carbocycles. The fourth-order valence-electron chi connectivity index (χ4n) is 2.75. The van der Waals surface area contributed by atoms with Crippen LogP contribution in [0.15, 0.2) is 22.7 Å². The Hall–Kier alpha value is -0.620. The quantitative estimate of drug-likeness (QED) is 0.913. The topological polar surface area (TPSA) is 47.7 Å². The van der Waals surface area contributed by atoms with Crippen LogP contribution in [0.25, 0.3) is 0 Å². The average Bonchev–Trinajstić information content (AvgIpc) is 2.65. The van der Waals surface area contributed by atoms with E-state index in [2.05, 4.69) is 33.8 Å². The van der Waals surface area contributed by atoms with Gasteiger partial charge in [-0.25, -0.2) is 0 Å². The van der Waals surface area contributed by atoms with E-state index in [1.54, 1.807) is 7.11 Å². The molecule has 0 spiro atoms. The molecule has 0 saturated carbocycles. The third-order valence-electron chi connectivity index (χ3n) is 3.70. The highest BCUT2D eigenvalue weighted by Crippen LogP contribution is 2.32. The van der Waals surface area contributed by atoms with Crippen LogP contribution in [0.1, 0.15) is 24.9 Å². The van der Waals surface area contributed by atoms with Crippen LogP contribution >= 0.6 is 15.9 Å². The Morgan fingerprint density at radius 2 is 2.35 bits per heavy atom. The van der Waals surface area contributed by atoms with Gasteiger partial charge in [-0.1, -0.05) is 15.9 Å². The van der Waals surface area contributed by atoms with E-state index in [1.807, 2.05) is 12.1 Å². The Kier molecular flexibility index (Phi) is 5.84. The van der Waals surface area contributed by atoms with Gasteiger partial charge in [-0.2, -0.15) is 0 Å². The van der Waals surface area contributed by atoms with Crippen molar-refractivity contribution >= 4 is 15.9 Å². The number of rotatable bonds is 4. The van der Waals surface area contributed by atoms with Crippen molar-refractivity contribution in [2.75, 3.05) is 33.4 Å². The van der Waals surface area contributed by atoms with Gasteiger partial charge in [0.25, 0.3) is 0 Å². The SMILES string of the molecule is COc1ccc(Br)cc1C(CN)N1CCCOC(C)C1. The van der Waals surface area contributed by atoms with Crippen LogP contribution < -0.4 is 10.5 Å². The molecule has 1 aliphatic rings. The highest BCUT2D eigenvalue weighted by Gasteiger charge is 2.25. The van der Waals surface area contributed by atoms with Crippen molar-refractivity contribution in [3.8, 4) is 5.75 Å². The summed E-state index contributed by atoms with van der Waals surface area (Å²) >= 11 is 3.53. The van der Waals surface area contributed by atoms with Crippen LogP contribution in [0.2, 0.25) is 0 Å². The summed E-state index contributed by atoms with van der Waals surface area (Å²) in [7, 11) is 1.70. The number of benzene rings is 1. The molecule has 2 unspecified atom stereocenters. The van der Waals surface area contributed by atoms with E-state index < -0.39 is 0 Å². The summed E-state index contributed by atoms with van der Waals surface area (Å²) < 4.78 is 12.3. The van der Waals surface area contributed by atoms with E-state index in [9.17, 15) is 0 Å². The summed E-state index contributed by atoms with van der Waals surface area (Å²) in [6.45, 7) is 5.41. The average molecular weight is 343 g/mol. The summed E-state index contributed by atoms with van der Waals surface area (Å²) in [6.07, 6.45) is 1.28. The van der Waals surface area contributed by atoms with Gasteiger partial charge < -0.3 is 15.2 Å². The Morgan fingerprint density at radius 1 is 1.55 bits per heavy atom. The second-order valence-electron chi connectivity index (χ2n) is 5.17. The van der Waals surface area contributed by atoms with Crippen molar-refractivity contribution in [3.05, 3.63) is 28.2 Å². The van der Waals surface area contributed by atoms with Gasteiger partial charge in [-0.05, 0) is 31.5 Å².